The third kappa shape index (κ3) is 7.91. The van der Waals surface area contributed by atoms with E-state index >= 15 is 0 Å². The molecule has 0 unspecified atom stereocenters. The average molecular weight is 622 g/mol. The molecule has 10 heteroatoms. The number of hydrogen-bond acceptors (Lipinski definition) is 6. The van der Waals surface area contributed by atoms with E-state index in [1.807, 2.05) is 38.1 Å². The normalized spacial score (nSPS) is 14.4. The molecular formula is C34H43N3O6S. The Morgan fingerprint density at radius 1 is 0.909 bits per heavy atom. The molecule has 4 rings (SSSR count). The van der Waals surface area contributed by atoms with E-state index < -0.39 is 28.5 Å². The van der Waals surface area contributed by atoms with E-state index in [-0.39, 0.29) is 29.1 Å². The van der Waals surface area contributed by atoms with Gasteiger partial charge < -0.3 is 19.7 Å². The molecule has 0 spiro atoms. The van der Waals surface area contributed by atoms with E-state index in [4.69, 9.17) is 9.47 Å². The zero-order chi connectivity index (χ0) is 31.7. The summed E-state index contributed by atoms with van der Waals surface area (Å²) in [6, 6.07) is 19.9. The number of hydrogen-bond donors (Lipinski definition) is 1. The average Bonchev–Trinajstić information content (AvgIpc) is 3.03. The minimum atomic E-state index is -4.25. The number of aryl methyl sites for hydroxylation is 1. The molecule has 2 amide bonds. The first-order valence-electron chi connectivity index (χ1n) is 15.1. The fraction of sp³-hybridized carbons (Fsp3) is 0.412. The van der Waals surface area contributed by atoms with Gasteiger partial charge in [0, 0.05) is 18.7 Å². The molecule has 0 aliphatic heterocycles. The number of nitrogens with one attached hydrogen (secondary N) is 1. The number of para-hydroxylation sites is 1. The smallest absolute Gasteiger partial charge is 0.264 e. The fourth-order valence-electron chi connectivity index (χ4n) is 5.70. The molecule has 1 aliphatic rings. The lowest BCUT2D eigenvalue weighted by molar-refractivity contribution is -0.140. The van der Waals surface area contributed by atoms with Crippen LogP contribution in [0.15, 0.2) is 77.7 Å². The van der Waals surface area contributed by atoms with Crippen molar-refractivity contribution in [2.45, 2.75) is 75.9 Å². The summed E-state index contributed by atoms with van der Waals surface area (Å²) in [7, 11) is -1.35. The van der Waals surface area contributed by atoms with Crippen molar-refractivity contribution in [3.63, 3.8) is 0 Å². The Balaban J connectivity index is 1.71. The number of rotatable bonds is 13. The minimum absolute atomic E-state index is 0.0564. The van der Waals surface area contributed by atoms with E-state index in [0.717, 1.165) is 47.5 Å². The summed E-state index contributed by atoms with van der Waals surface area (Å²) in [5.74, 6) is -0.0632. The highest BCUT2D eigenvalue weighted by Gasteiger charge is 2.34. The quantitative estimate of drug-likeness (QED) is 0.272. The van der Waals surface area contributed by atoms with Crippen molar-refractivity contribution in [3.05, 3.63) is 83.9 Å². The van der Waals surface area contributed by atoms with Crippen LogP contribution in [0.4, 0.5) is 5.69 Å². The molecular weight excluding hydrogens is 578 g/mol. The van der Waals surface area contributed by atoms with Crippen molar-refractivity contribution in [1.29, 1.82) is 0 Å². The molecule has 44 heavy (non-hydrogen) atoms. The molecule has 3 aromatic rings. The van der Waals surface area contributed by atoms with Crippen LogP contribution in [0.3, 0.4) is 0 Å². The van der Waals surface area contributed by atoms with Gasteiger partial charge in [-0.1, -0.05) is 74.2 Å². The largest absolute Gasteiger partial charge is 0.493 e. The summed E-state index contributed by atoms with van der Waals surface area (Å²) >= 11 is 0. The third-order valence-corrected chi connectivity index (χ3v) is 9.81. The molecule has 3 aromatic carbocycles. The number of benzene rings is 3. The molecule has 0 heterocycles. The number of sulfonamides is 1. The van der Waals surface area contributed by atoms with E-state index in [9.17, 15) is 18.0 Å². The maximum Gasteiger partial charge on any atom is 0.264 e. The van der Waals surface area contributed by atoms with Crippen molar-refractivity contribution in [2.24, 2.45) is 0 Å². The molecule has 236 valence electrons. The van der Waals surface area contributed by atoms with Gasteiger partial charge in [-0.2, -0.15) is 0 Å². The van der Waals surface area contributed by atoms with Gasteiger partial charge in [-0.05, 0) is 56.0 Å². The summed E-state index contributed by atoms with van der Waals surface area (Å²) in [5, 5.41) is 3.18. The summed E-state index contributed by atoms with van der Waals surface area (Å²) in [4.78, 5) is 29.5. The van der Waals surface area contributed by atoms with E-state index in [1.165, 1.54) is 37.3 Å². The SMILES string of the molecule is CC[C@H](C(=O)NC1CCCCC1)N(Cc1cccc(C)c1)C(=O)CN(c1ccccc1)S(=O)(=O)c1ccc(OC)c(OC)c1. The van der Waals surface area contributed by atoms with Gasteiger partial charge in [-0.25, -0.2) is 8.42 Å². The van der Waals surface area contributed by atoms with Gasteiger partial charge in [-0.15, -0.1) is 0 Å². The van der Waals surface area contributed by atoms with Crippen molar-refractivity contribution in [3.8, 4) is 11.5 Å². The number of amides is 2. The van der Waals surface area contributed by atoms with Crippen LogP contribution in [0.1, 0.15) is 56.6 Å². The lowest BCUT2D eigenvalue weighted by atomic mass is 9.95. The standard InChI is InChI=1S/C34H43N3O6S/c1-5-30(34(39)35-27-15-8-6-9-16-27)36(23-26-14-12-13-25(2)21-26)33(38)24-37(28-17-10-7-11-18-28)44(40,41)29-19-20-31(42-3)32(22-29)43-4/h7,10-14,17-22,27,30H,5-6,8-9,15-16,23-24H2,1-4H3,(H,35,39)/t30-/m1/s1. The van der Waals surface area contributed by atoms with Gasteiger partial charge in [0.05, 0.1) is 24.8 Å². The highest BCUT2D eigenvalue weighted by Crippen LogP contribution is 2.32. The lowest BCUT2D eigenvalue weighted by Gasteiger charge is -2.34. The highest BCUT2D eigenvalue weighted by atomic mass is 32.2. The van der Waals surface area contributed by atoms with Crippen LogP contribution in [-0.2, 0) is 26.2 Å². The molecule has 0 bridgehead atoms. The monoisotopic (exact) mass is 621 g/mol. The first-order chi connectivity index (χ1) is 21.2. The molecule has 1 atom stereocenters. The van der Waals surface area contributed by atoms with E-state index in [2.05, 4.69) is 5.32 Å². The predicted molar refractivity (Wildman–Crippen MR) is 171 cm³/mol. The summed E-state index contributed by atoms with van der Waals surface area (Å²) in [6.45, 7) is 3.50. The van der Waals surface area contributed by atoms with Gasteiger partial charge in [0.25, 0.3) is 10.0 Å². The Kier molecular flexibility index (Phi) is 11.3. The fourth-order valence-corrected chi connectivity index (χ4v) is 7.13. The number of anilines is 1. The van der Waals surface area contributed by atoms with Gasteiger partial charge in [0.15, 0.2) is 11.5 Å². The van der Waals surface area contributed by atoms with Crippen LogP contribution in [0.2, 0.25) is 0 Å². The molecule has 0 radical (unpaired) electrons. The van der Waals surface area contributed by atoms with Crippen molar-refractivity contribution >= 4 is 27.5 Å². The highest BCUT2D eigenvalue weighted by molar-refractivity contribution is 7.92. The number of carbonyl (C=O) groups is 2. The summed E-state index contributed by atoms with van der Waals surface area (Å²) in [5.41, 5.74) is 2.21. The Labute approximate surface area is 261 Å². The lowest BCUT2D eigenvalue weighted by Crippen LogP contribution is -2.54. The molecule has 0 saturated heterocycles. The van der Waals surface area contributed by atoms with Crippen LogP contribution in [0.5, 0.6) is 11.5 Å². The predicted octanol–water partition coefficient (Wildman–Crippen LogP) is 5.46. The molecule has 1 fully saturated rings. The van der Waals surface area contributed by atoms with Crippen LogP contribution in [0, 0.1) is 6.92 Å². The van der Waals surface area contributed by atoms with Gasteiger partial charge in [-0.3, -0.25) is 13.9 Å². The molecule has 0 aromatic heterocycles. The Bertz CT molecular complexity index is 1520. The second-order valence-electron chi connectivity index (χ2n) is 11.1. The van der Waals surface area contributed by atoms with Crippen molar-refractivity contribution < 1.29 is 27.5 Å². The molecule has 1 saturated carbocycles. The van der Waals surface area contributed by atoms with Gasteiger partial charge in [0.1, 0.15) is 12.6 Å². The second kappa shape index (κ2) is 15.1. The minimum Gasteiger partial charge on any atom is -0.493 e. The van der Waals surface area contributed by atoms with Gasteiger partial charge >= 0.3 is 0 Å². The maximum atomic E-state index is 14.3. The third-order valence-electron chi connectivity index (χ3n) is 8.04. The van der Waals surface area contributed by atoms with Crippen LogP contribution in [0.25, 0.3) is 0 Å². The van der Waals surface area contributed by atoms with Gasteiger partial charge in [0.2, 0.25) is 11.8 Å². The first-order valence-corrected chi connectivity index (χ1v) is 16.6. The van der Waals surface area contributed by atoms with Crippen LogP contribution < -0.4 is 19.1 Å². The summed E-state index contributed by atoms with van der Waals surface area (Å²) in [6.07, 6.45) is 5.50. The molecule has 1 N–H and O–H groups in total. The van der Waals surface area contributed by atoms with Crippen molar-refractivity contribution in [1.82, 2.24) is 10.2 Å². The Morgan fingerprint density at radius 2 is 1.61 bits per heavy atom. The zero-order valence-electron chi connectivity index (χ0n) is 26.0. The Hall–Kier alpha value is -4.05. The maximum absolute atomic E-state index is 14.3. The summed E-state index contributed by atoms with van der Waals surface area (Å²) < 4.78 is 40.1. The molecule has 1 aliphatic carbocycles. The second-order valence-corrected chi connectivity index (χ2v) is 13.0. The zero-order valence-corrected chi connectivity index (χ0v) is 26.8. The van der Waals surface area contributed by atoms with Crippen LogP contribution in [-0.4, -0.2) is 58.0 Å². The Morgan fingerprint density at radius 3 is 2.25 bits per heavy atom. The first kappa shape index (κ1) is 32.9. The van der Waals surface area contributed by atoms with Crippen molar-refractivity contribution in [2.75, 3.05) is 25.1 Å². The number of ether oxygens (including phenoxy) is 2. The van der Waals surface area contributed by atoms with E-state index in [0.29, 0.717) is 17.9 Å². The number of nitrogens with zero attached hydrogens (tertiary/aromatic N) is 2. The van der Waals surface area contributed by atoms with Crippen LogP contribution >= 0.6 is 0 Å². The number of carbonyl (C=O) groups excluding carboxylic acids is 2. The topological polar surface area (TPSA) is 105 Å². The van der Waals surface area contributed by atoms with E-state index in [1.54, 1.807) is 30.3 Å². The number of methoxy groups -OCH3 is 2. The molecule has 9 nitrogen and oxygen atoms in total.